The number of Topliss-reactive ketones (excluding diaryl/α,β-unsaturated/α-hetero) is 1. The summed E-state index contributed by atoms with van der Waals surface area (Å²) in [6, 6.07) is 0. The highest BCUT2D eigenvalue weighted by Gasteiger charge is 2.56. The van der Waals surface area contributed by atoms with Crippen LogP contribution in [-0.2, 0) is 4.79 Å². The second-order valence-corrected chi connectivity index (χ2v) is 11.1. The molecule has 4 rings (SSSR count). The Bertz CT molecular complexity index is 670. The Hall–Kier alpha value is -0.850. The molecule has 4 aliphatic carbocycles. The zero-order valence-electron chi connectivity index (χ0n) is 18.3. The predicted octanol–water partition coefficient (Wildman–Crippen LogP) is 7.13. The second-order valence-electron chi connectivity index (χ2n) is 11.1. The van der Waals surface area contributed by atoms with Crippen LogP contribution in [0.2, 0.25) is 0 Å². The smallest absolute Gasteiger partial charge is 0.129 e. The van der Waals surface area contributed by atoms with Gasteiger partial charge in [-0.25, -0.2) is 0 Å². The van der Waals surface area contributed by atoms with E-state index < -0.39 is 0 Å². The van der Waals surface area contributed by atoms with Gasteiger partial charge in [-0.05, 0) is 98.7 Å². The van der Waals surface area contributed by atoms with Crippen LogP contribution in [0.15, 0.2) is 23.3 Å². The minimum atomic E-state index is 0.343. The number of hydrogen-bond donors (Lipinski definition) is 0. The van der Waals surface area contributed by atoms with Gasteiger partial charge >= 0.3 is 0 Å². The fourth-order valence-corrected chi connectivity index (χ4v) is 7.78. The van der Waals surface area contributed by atoms with Gasteiger partial charge in [0.05, 0.1) is 0 Å². The maximum absolute atomic E-state index is 11.5. The van der Waals surface area contributed by atoms with Crippen LogP contribution in [0.1, 0.15) is 92.4 Å². The van der Waals surface area contributed by atoms with Gasteiger partial charge in [-0.15, -0.1) is 0 Å². The van der Waals surface area contributed by atoms with Crippen LogP contribution >= 0.6 is 0 Å². The molecule has 0 aromatic rings. The van der Waals surface area contributed by atoms with Gasteiger partial charge < -0.3 is 4.79 Å². The summed E-state index contributed by atoms with van der Waals surface area (Å²) in [6.07, 6.45) is 16.6. The molecule has 1 heteroatoms. The average Bonchev–Trinajstić information content (AvgIpc) is 2.97. The summed E-state index contributed by atoms with van der Waals surface area (Å²) < 4.78 is 0. The standard InChI is InChI=1S/C26H40O/c1-17-12-14-25(4)20(16-17)8-9-21-23-11-10-22(18(2)6-7-19(3)27)26(23,5)15-13-24(21)25/h8,10,17-18,21,23-24H,6-7,9,11-16H2,1-5H3/t17-,18-,21?,23?,24?,25+,26-/m1/s1. The molecule has 4 aliphatic rings. The topological polar surface area (TPSA) is 17.1 Å². The summed E-state index contributed by atoms with van der Waals surface area (Å²) in [5, 5.41) is 0. The van der Waals surface area contributed by atoms with Crippen molar-refractivity contribution in [3.8, 4) is 0 Å². The molecule has 0 aromatic heterocycles. The highest BCUT2D eigenvalue weighted by molar-refractivity contribution is 5.75. The first kappa shape index (κ1) is 19.5. The Labute approximate surface area is 167 Å². The van der Waals surface area contributed by atoms with Gasteiger partial charge in [0.15, 0.2) is 0 Å². The van der Waals surface area contributed by atoms with E-state index in [-0.39, 0.29) is 0 Å². The molecule has 7 atom stereocenters. The average molecular weight is 369 g/mol. The highest BCUT2D eigenvalue weighted by Crippen LogP contribution is 2.66. The first-order chi connectivity index (χ1) is 12.8. The first-order valence-electron chi connectivity index (χ1n) is 11.6. The number of carbonyl (C=O) groups excluding carboxylic acids is 1. The van der Waals surface area contributed by atoms with Crippen LogP contribution in [-0.4, -0.2) is 5.78 Å². The number of fused-ring (bicyclic) bond motifs is 5. The van der Waals surface area contributed by atoms with Crippen LogP contribution in [0.25, 0.3) is 0 Å². The van der Waals surface area contributed by atoms with Gasteiger partial charge in [-0.2, -0.15) is 0 Å². The van der Waals surface area contributed by atoms with E-state index in [1.807, 2.05) is 5.57 Å². The number of ketones is 1. The van der Waals surface area contributed by atoms with Crippen LogP contribution in [0.3, 0.4) is 0 Å². The zero-order valence-corrected chi connectivity index (χ0v) is 18.3. The van der Waals surface area contributed by atoms with E-state index in [0.29, 0.717) is 22.5 Å². The summed E-state index contributed by atoms with van der Waals surface area (Å²) in [5.41, 5.74) is 4.39. The molecule has 27 heavy (non-hydrogen) atoms. The van der Waals surface area contributed by atoms with Crippen molar-refractivity contribution in [1.82, 2.24) is 0 Å². The SMILES string of the molecule is CC(=O)CC[C@@H](C)C1=CCC2C3CC=C4C[C@H](C)CC[C@]4(C)C3CC[C@]12C. The quantitative estimate of drug-likeness (QED) is 0.482. The van der Waals surface area contributed by atoms with Crippen LogP contribution in [0, 0.1) is 40.4 Å². The number of carbonyl (C=O) groups is 1. The third-order valence-electron chi connectivity index (χ3n) is 9.45. The minimum absolute atomic E-state index is 0.343. The summed E-state index contributed by atoms with van der Waals surface area (Å²) in [4.78, 5) is 11.5. The van der Waals surface area contributed by atoms with Crippen molar-refractivity contribution in [2.75, 3.05) is 0 Å². The maximum Gasteiger partial charge on any atom is 0.129 e. The predicted molar refractivity (Wildman–Crippen MR) is 113 cm³/mol. The summed E-state index contributed by atoms with van der Waals surface area (Å²) >= 11 is 0. The fraction of sp³-hybridized carbons (Fsp3) is 0.808. The van der Waals surface area contributed by atoms with Crippen molar-refractivity contribution >= 4 is 5.78 Å². The van der Waals surface area contributed by atoms with Crippen LogP contribution in [0.5, 0.6) is 0 Å². The highest BCUT2D eigenvalue weighted by atomic mass is 16.1. The Morgan fingerprint density at radius 3 is 2.59 bits per heavy atom. The normalized spacial score (nSPS) is 44.5. The Morgan fingerprint density at radius 1 is 1.11 bits per heavy atom. The van der Waals surface area contributed by atoms with E-state index in [1.165, 1.54) is 44.9 Å². The molecule has 2 saturated carbocycles. The molecule has 2 fully saturated rings. The molecular formula is C26H40O. The Kier molecular flexibility index (Phi) is 4.97. The molecule has 1 nitrogen and oxygen atoms in total. The van der Waals surface area contributed by atoms with E-state index in [4.69, 9.17) is 0 Å². The zero-order chi connectivity index (χ0) is 19.4. The van der Waals surface area contributed by atoms with E-state index in [2.05, 4.69) is 39.8 Å². The van der Waals surface area contributed by atoms with Crippen molar-refractivity contribution in [3.05, 3.63) is 23.3 Å². The minimum Gasteiger partial charge on any atom is -0.300 e. The van der Waals surface area contributed by atoms with Crippen molar-refractivity contribution in [2.45, 2.75) is 92.4 Å². The number of hydrogen-bond acceptors (Lipinski definition) is 1. The van der Waals surface area contributed by atoms with Crippen molar-refractivity contribution in [1.29, 1.82) is 0 Å². The molecule has 0 heterocycles. The lowest BCUT2D eigenvalue weighted by Gasteiger charge is -2.58. The lowest BCUT2D eigenvalue weighted by molar-refractivity contribution is -0.117. The first-order valence-corrected chi connectivity index (χ1v) is 11.6. The Balaban J connectivity index is 1.55. The third-order valence-corrected chi connectivity index (χ3v) is 9.45. The molecule has 0 radical (unpaired) electrons. The van der Waals surface area contributed by atoms with Gasteiger partial charge in [0, 0.05) is 6.42 Å². The molecule has 150 valence electrons. The van der Waals surface area contributed by atoms with E-state index in [0.717, 1.165) is 36.5 Å². The molecule has 0 spiro atoms. The summed E-state index contributed by atoms with van der Waals surface area (Å²) in [5.74, 6) is 4.41. The van der Waals surface area contributed by atoms with Crippen molar-refractivity contribution < 1.29 is 4.79 Å². The number of allylic oxidation sites excluding steroid dienone is 4. The lowest BCUT2D eigenvalue weighted by atomic mass is 9.46. The maximum atomic E-state index is 11.5. The van der Waals surface area contributed by atoms with Crippen molar-refractivity contribution in [3.63, 3.8) is 0 Å². The van der Waals surface area contributed by atoms with Gasteiger partial charge in [-0.1, -0.05) is 51.0 Å². The molecule has 0 bridgehead atoms. The van der Waals surface area contributed by atoms with Gasteiger partial charge in [0.2, 0.25) is 0 Å². The second kappa shape index (κ2) is 6.89. The largest absolute Gasteiger partial charge is 0.300 e. The molecule has 0 N–H and O–H groups in total. The molecule has 0 aliphatic heterocycles. The summed E-state index contributed by atoms with van der Waals surface area (Å²) in [7, 11) is 0. The monoisotopic (exact) mass is 368 g/mol. The molecule has 3 unspecified atom stereocenters. The molecule has 0 aromatic carbocycles. The van der Waals surface area contributed by atoms with Gasteiger partial charge in [0.25, 0.3) is 0 Å². The third kappa shape index (κ3) is 3.08. The van der Waals surface area contributed by atoms with E-state index >= 15 is 0 Å². The summed E-state index contributed by atoms with van der Waals surface area (Å²) in [6.45, 7) is 11.7. The number of rotatable bonds is 4. The van der Waals surface area contributed by atoms with E-state index in [1.54, 1.807) is 12.5 Å². The van der Waals surface area contributed by atoms with Crippen molar-refractivity contribution in [2.24, 2.45) is 40.4 Å². The Morgan fingerprint density at radius 2 is 1.85 bits per heavy atom. The van der Waals surface area contributed by atoms with Gasteiger partial charge in [-0.3, -0.25) is 0 Å². The lowest BCUT2D eigenvalue weighted by Crippen LogP contribution is -2.49. The van der Waals surface area contributed by atoms with Gasteiger partial charge in [0.1, 0.15) is 5.78 Å². The molecule has 0 amide bonds. The van der Waals surface area contributed by atoms with Crippen LogP contribution in [0.4, 0.5) is 0 Å². The molecular weight excluding hydrogens is 328 g/mol. The van der Waals surface area contributed by atoms with Crippen LogP contribution < -0.4 is 0 Å². The molecule has 0 saturated heterocycles. The fourth-order valence-electron chi connectivity index (χ4n) is 7.78. The van der Waals surface area contributed by atoms with E-state index in [9.17, 15) is 4.79 Å².